The zero-order valence-electron chi connectivity index (χ0n) is 17.7. The molecule has 0 saturated heterocycles. The van der Waals surface area contributed by atoms with E-state index in [-0.39, 0.29) is 5.41 Å². The first-order valence-electron chi connectivity index (χ1n) is 9.98. The average Bonchev–Trinajstić information content (AvgIpc) is 3.08. The highest BCUT2D eigenvalue weighted by atomic mass is 32.1. The number of carboxylic acid groups (broad SMARTS) is 1. The minimum absolute atomic E-state index is 0.127. The maximum absolute atomic E-state index is 11.3. The second kappa shape index (κ2) is 8.03. The first kappa shape index (κ1) is 21.1. The third-order valence-corrected chi connectivity index (χ3v) is 7.37. The van der Waals surface area contributed by atoms with Gasteiger partial charge in [0.25, 0.3) is 0 Å². The van der Waals surface area contributed by atoms with Crippen molar-refractivity contribution in [2.75, 3.05) is 0 Å². The molecule has 0 aliphatic carbocycles. The van der Waals surface area contributed by atoms with Gasteiger partial charge in [0.05, 0.1) is 0 Å². The number of hydrogen-bond donors (Lipinski definition) is 2. The maximum Gasteiger partial charge on any atom is 0.345 e. The minimum Gasteiger partial charge on any atom is -0.508 e. The Morgan fingerprint density at radius 3 is 1.97 bits per heavy atom. The van der Waals surface area contributed by atoms with Gasteiger partial charge < -0.3 is 10.2 Å². The lowest BCUT2D eigenvalue weighted by molar-refractivity contribution is 0.0702. The molecule has 0 unspecified atom stereocenters. The lowest BCUT2D eigenvalue weighted by Gasteiger charge is -2.34. The highest BCUT2D eigenvalue weighted by Crippen LogP contribution is 2.42. The van der Waals surface area contributed by atoms with Gasteiger partial charge in [0, 0.05) is 10.3 Å². The fourth-order valence-corrected chi connectivity index (χ4v) is 5.36. The van der Waals surface area contributed by atoms with E-state index in [2.05, 4.69) is 45.0 Å². The van der Waals surface area contributed by atoms with Crippen molar-refractivity contribution in [2.24, 2.45) is 0 Å². The van der Waals surface area contributed by atoms with Crippen LogP contribution < -0.4 is 0 Å². The van der Waals surface area contributed by atoms with Crippen LogP contribution >= 0.6 is 11.3 Å². The third kappa shape index (κ3) is 3.69. The maximum atomic E-state index is 11.3. The molecule has 1 heterocycles. The molecule has 0 aliphatic rings. The fourth-order valence-electron chi connectivity index (χ4n) is 4.26. The minimum atomic E-state index is -0.877. The summed E-state index contributed by atoms with van der Waals surface area (Å²) in [4.78, 5) is 12.7. The summed E-state index contributed by atoms with van der Waals surface area (Å²) < 4.78 is 0. The predicted octanol–water partition coefficient (Wildman–Crippen LogP) is 6.85. The molecule has 2 aromatic carbocycles. The van der Waals surface area contributed by atoms with Gasteiger partial charge in [-0.3, -0.25) is 0 Å². The Bertz CT molecular complexity index is 1060. The number of phenolic OH excluding ortho intramolecular Hbond substituents is 1. The van der Waals surface area contributed by atoms with Crippen LogP contribution in [0.2, 0.25) is 0 Å². The van der Waals surface area contributed by atoms with Crippen molar-refractivity contribution in [1.29, 1.82) is 0 Å². The Balaban J connectivity index is 2.11. The number of aryl methyl sites for hydroxylation is 3. The highest BCUT2D eigenvalue weighted by Gasteiger charge is 2.31. The van der Waals surface area contributed by atoms with Crippen LogP contribution in [-0.4, -0.2) is 16.2 Å². The van der Waals surface area contributed by atoms with Crippen molar-refractivity contribution in [3.05, 3.63) is 75.2 Å². The van der Waals surface area contributed by atoms with Crippen molar-refractivity contribution in [1.82, 2.24) is 0 Å². The number of phenols is 1. The van der Waals surface area contributed by atoms with Gasteiger partial charge in [-0.05, 0) is 79.1 Å². The molecule has 2 N–H and O–H groups in total. The topological polar surface area (TPSA) is 57.5 Å². The smallest absolute Gasteiger partial charge is 0.345 e. The summed E-state index contributed by atoms with van der Waals surface area (Å²) >= 11 is 1.33. The van der Waals surface area contributed by atoms with Gasteiger partial charge in [-0.1, -0.05) is 44.2 Å². The lowest BCUT2D eigenvalue weighted by Crippen LogP contribution is -2.26. The number of thiophene rings is 1. The van der Waals surface area contributed by atoms with Crippen LogP contribution in [0.3, 0.4) is 0 Å². The van der Waals surface area contributed by atoms with Crippen molar-refractivity contribution < 1.29 is 15.0 Å². The number of carboxylic acids is 1. The molecule has 0 radical (unpaired) electrons. The zero-order chi connectivity index (χ0) is 21.3. The van der Waals surface area contributed by atoms with Gasteiger partial charge in [0.1, 0.15) is 10.6 Å². The standard InChI is InChI=1S/C25H28O3S/c1-6-25(7-2,19-9-11-21(26)16(4)13-19)18-8-10-20(15(3)12-18)23-17(5)14-22(29-23)24(27)28/h8-14,26H,6-7H2,1-5H3,(H,27,28). The Kier molecular flexibility index (Phi) is 5.85. The molecule has 0 atom stereocenters. The molecule has 0 saturated carbocycles. The number of rotatable bonds is 6. The van der Waals surface area contributed by atoms with E-state index in [0.29, 0.717) is 10.6 Å². The molecule has 0 bridgehead atoms. The number of carbonyl (C=O) groups is 1. The van der Waals surface area contributed by atoms with Crippen molar-refractivity contribution in [2.45, 2.75) is 52.9 Å². The molecule has 3 nitrogen and oxygen atoms in total. The van der Waals surface area contributed by atoms with Crippen LogP contribution in [0.15, 0.2) is 42.5 Å². The lowest BCUT2D eigenvalue weighted by atomic mass is 9.70. The summed E-state index contributed by atoms with van der Waals surface area (Å²) in [6.07, 6.45) is 1.90. The molecule has 3 aromatic rings. The van der Waals surface area contributed by atoms with E-state index in [1.54, 1.807) is 12.1 Å². The number of hydrogen-bond acceptors (Lipinski definition) is 3. The molecule has 3 rings (SSSR count). The first-order valence-corrected chi connectivity index (χ1v) is 10.8. The Hall–Kier alpha value is -2.59. The monoisotopic (exact) mass is 408 g/mol. The number of benzene rings is 2. The van der Waals surface area contributed by atoms with E-state index in [4.69, 9.17) is 0 Å². The van der Waals surface area contributed by atoms with Gasteiger partial charge in [-0.15, -0.1) is 11.3 Å². The molecular formula is C25H28O3S. The molecule has 152 valence electrons. The highest BCUT2D eigenvalue weighted by molar-refractivity contribution is 7.17. The van der Waals surface area contributed by atoms with E-state index in [1.807, 2.05) is 19.9 Å². The van der Waals surface area contributed by atoms with Crippen LogP contribution in [0, 0.1) is 20.8 Å². The van der Waals surface area contributed by atoms with Crippen LogP contribution in [0.4, 0.5) is 0 Å². The van der Waals surface area contributed by atoms with Crippen LogP contribution in [-0.2, 0) is 5.41 Å². The third-order valence-electron chi connectivity index (χ3n) is 6.11. The molecular weight excluding hydrogens is 380 g/mol. The van der Waals surface area contributed by atoms with Gasteiger partial charge >= 0.3 is 5.97 Å². The first-order chi connectivity index (χ1) is 13.7. The van der Waals surface area contributed by atoms with Crippen molar-refractivity contribution in [3.63, 3.8) is 0 Å². The Morgan fingerprint density at radius 1 is 0.897 bits per heavy atom. The van der Waals surface area contributed by atoms with Crippen molar-refractivity contribution >= 4 is 17.3 Å². The summed E-state index contributed by atoms with van der Waals surface area (Å²) in [7, 11) is 0. The van der Waals surface area contributed by atoms with Gasteiger partial charge in [0.15, 0.2) is 0 Å². The van der Waals surface area contributed by atoms with Gasteiger partial charge in [0.2, 0.25) is 0 Å². The average molecular weight is 409 g/mol. The molecule has 0 fully saturated rings. The Labute approximate surface area is 176 Å². The van der Waals surface area contributed by atoms with E-state index < -0.39 is 5.97 Å². The number of aromatic carboxylic acids is 1. The largest absolute Gasteiger partial charge is 0.508 e. The SMILES string of the molecule is CCC(CC)(c1ccc(O)c(C)c1)c1ccc(-c2sc(C(=O)O)cc2C)c(C)c1. The number of aromatic hydroxyl groups is 1. The van der Waals surface area contributed by atoms with E-state index >= 15 is 0 Å². The predicted molar refractivity (Wildman–Crippen MR) is 120 cm³/mol. The van der Waals surface area contributed by atoms with E-state index in [9.17, 15) is 15.0 Å². The van der Waals surface area contributed by atoms with Gasteiger partial charge in [-0.2, -0.15) is 0 Å². The molecule has 0 aliphatic heterocycles. The van der Waals surface area contributed by atoms with E-state index in [0.717, 1.165) is 40.0 Å². The second-order valence-electron chi connectivity index (χ2n) is 7.75. The zero-order valence-corrected chi connectivity index (χ0v) is 18.5. The molecule has 4 heteroatoms. The van der Waals surface area contributed by atoms with E-state index in [1.165, 1.54) is 22.5 Å². The molecule has 1 aromatic heterocycles. The summed E-state index contributed by atoms with van der Waals surface area (Å²) in [5.41, 5.74) is 6.45. The second-order valence-corrected chi connectivity index (χ2v) is 8.80. The quantitative estimate of drug-likeness (QED) is 0.469. The van der Waals surface area contributed by atoms with Crippen LogP contribution in [0.25, 0.3) is 10.4 Å². The van der Waals surface area contributed by atoms with Crippen LogP contribution in [0.5, 0.6) is 5.75 Å². The van der Waals surface area contributed by atoms with Crippen molar-refractivity contribution in [3.8, 4) is 16.2 Å². The molecule has 0 spiro atoms. The van der Waals surface area contributed by atoms with Crippen LogP contribution in [0.1, 0.15) is 64.2 Å². The van der Waals surface area contributed by atoms with Gasteiger partial charge in [-0.25, -0.2) is 4.79 Å². The summed E-state index contributed by atoms with van der Waals surface area (Å²) in [5, 5.41) is 19.3. The Morgan fingerprint density at radius 2 is 1.48 bits per heavy atom. The summed E-state index contributed by atoms with van der Waals surface area (Å²) in [6.45, 7) is 10.4. The molecule has 0 amide bonds. The molecule has 29 heavy (non-hydrogen) atoms. The normalized spacial score (nSPS) is 11.6. The summed E-state index contributed by atoms with van der Waals surface area (Å²) in [6, 6.07) is 14.2. The fraction of sp³-hybridized carbons (Fsp3) is 0.320. The summed E-state index contributed by atoms with van der Waals surface area (Å²) in [5.74, 6) is -0.555.